The number of benzene rings is 1. The molecule has 0 aliphatic carbocycles. The van der Waals surface area contributed by atoms with Crippen molar-refractivity contribution >= 4 is 11.8 Å². The highest BCUT2D eigenvalue weighted by Crippen LogP contribution is 2.18. The van der Waals surface area contributed by atoms with Crippen molar-refractivity contribution < 1.29 is 24.1 Å². The Bertz CT molecular complexity index is 659. The lowest BCUT2D eigenvalue weighted by Gasteiger charge is -2.06. The maximum absolute atomic E-state index is 11.6. The van der Waals surface area contributed by atoms with Crippen molar-refractivity contribution in [1.82, 2.24) is 0 Å². The molecule has 22 heavy (non-hydrogen) atoms. The van der Waals surface area contributed by atoms with Crippen LogP contribution in [0.2, 0.25) is 0 Å². The summed E-state index contributed by atoms with van der Waals surface area (Å²) in [7, 11) is 1.55. The summed E-state index contributed by atoms with van der Waals surface area (Å²) >= 11 is 0. The Kier molecular flexibility index (Phi) is 5.31. The Hall–Kier alpha value is -3.09. The molecule has 0 aliphatic rings. The third-order valence-corrected chi connectivity index (χ3v) is 2.66. The summed E-state index contributed by atoms with van der Waals surface area (Å²) in [4.78, 5) is 19.1. The van der Waals surface area contributed by atoms with E-state index in [9.17, 15) is 4.79 Å². The van der Waals surface area contributed by atoms with Crippen molar-refractivity contribution in [3.8, 4) is 11.5 Å². The van der Waals surface area contributed by atoms with Crippen LogP contribution in [0.3, 0.4) is 0 Å². The first kappa shape index (κ1) is 15.3. The van der Waals surface area contributed by atoms with E-state index in [-0.39, 0.29) is 12.4 Å². The summed E-state index contributed by atoms with van der Waals surface area (Å²) < 4.78 is 10.3. The van der Waals surface area contributed by atoms with Crippen LogP contribution in [-0.2, 0) is 9.63 Å². The van der Waals surface area contributed by atoms with Gasteiger partial charge in [-0.15, -0.1) is 0 Å². The lowest BCUT2D eigenvalue weighted by atomic mass is 10.2. The molecular weight excluding hydrogens is 286 g/mol. The van der Waals surface area contributed by atoms with E-state index < -0.39 is 5.97 Å². The zero-order chi connectivity index (χ0) is 15.8. The van der Waals surface area contributed by atoms with Gasteiger partial charge in [0.1, 0.15) is 11.5 Å². The van der Waals surface area contributed by atoms with Gasteiger partial charge >= 0.3 is 5.97 Å². The fraction of sp³-hybridized carbons (Fsp3) is 0.133. The van der Waals surface area contributed by atoms with E-state index in [1.165, 1.54) is 0 Å². The quantitative estimate of drug-likeness (QED) is 0.367. The van der Waals surface area contributed by atoms with Gasteiger partial charge in [0.05, 0.1) is 7.11 Å². The number of carbonyl (C=O) groups excluding carboxylic acids is 1. The van der Waals surface area contributed by atoms with E-state index in [1.54, 1.807) is 55.9 Å². The predicted molar refractivity (Wildman–Crippen MR) is 78.3 cm³/mol. The number of oxime groups is 1. The minimum Gasteiger partial charge on any atom is -0.497 e. The number of ether oxygens (including phenoxy) is 2. The molecule has 1 heterocycles. The molecule has 0 saturated carbocycles. The summed E-state index contributed by atoms with van der Waals surface area (Å²) in [5.41, 5.74) is 6.33. The number of aromatic amines is 1. The van der Waals surface area contributed by atoms with Crippen molar-refractivity contribution in [2.24, 2.45) is 10.9 Å². The number of rotatable bonds is 6. The van der Waals surface area contributed by atoms with Crippen molar-refractivity contribution in [3.05, 3.63) is 54.4 Å². The highest BCUT2D eigenvalue weighted by molar-refractivity contribution is 5.97. The fourth-order valence-electron chi connectivity index (χ4n) is 1.57. The molecule has 7 nitrogen and oxygen atoms in total. The Morgan fingerprint density at radius 1 is 1.23 bits per heavy atom. The summed E-state index contributed by atoms with van der Waals surface area (Å²) in [5, 5.41) is 3.57. The van der Waals surface area contributed by atoms with Crippen LogP contribution in [0, 0.1) is 0 Å². The van der Waals surface area contributed by atoms with Crippen molar-refractivity contribution in [1.29, 1.82) is 0 Å². The first-order chi connectivity index (χ1) is 10.7. The first-order valence-electron chi connectivity index (χ1n) is 6.45. The molecular formula is C15H16N3O4+. The normalized spacial score (nSPS) is 10.9. The third-order valence-electron chi connectivity index (χ3n) is 2.66. The van der Waals surface area contributed by atoms with E-state index in [2.05, 4.69) is 10.1 Å². The lowest BCUT2D eigenvalue weighted by molar-refractivity contribution is -0.378. The van der Waals surface area contributed by atoms with Crippen LogP contribution in [0.15, 0.2) is 53.9 Å². The van der Waals surface area contributed by atoms with Gasteiger partial charge in [-0.05, 0) is 12.1 Å². The van der Waals surface area contributed by atoms with Crippen LogP contribution in [0.25, 0.3) is 0 Å². The number of hydrogen-bond donors (Lipinski definition) is 1. The Morgan fingerprint density at radius 3 is 2.68 bits per heavy atom. The fourth-order valence-corrected chi connectivity index (χ4v) is 1.57. The van der Waals surface area contributed by atoms with E-state index in [0.29, 0.717) is 17.1 Å². The molecule has 0 atom stereocenters. The van der Waals surface area contributed by atoms with Gasteiger partial charge in [0, 0.05) is 23.8 Å². The number of nitrogens with one attached hydrogen (secondary N) is 1. The number of carbonyl (C=O) groups is 1. The van der Waals surface area contributed by atoms with Crippen molar-refractivity contribution in [2.75, 3.05) is 13.7 Å². The average Bonchev–Trinajstić information content (AvgIpc) is 2.58. The Labute approximate surface area is 127 Å². The highest BCUT2D eigenvalue weighted by Gasteiger charge is 2.06. The molecule has 0 spiro atoms. The zero-order valence-electron chi connectivity index (χ0n) is 12.0. The number of H-pyrrole nitrogens is 1. The largest absolute Gasteiger partial charge is 0.497 e. The van der Waals surface area contributed by atoms with Crippen LogP contribution in [-0.4, -0.2) is 25.5 Å². The van der Waals surface area contributed by atoms with Gasteiger partial charge in [0.15, 0.2) is 24.8 Å². The molecule has 2 rings (SSSR count). The molecule has 3 N–H and O–H groups in total. The molecule has 0 radical (unpaired) electrons. The van der Waals surface area contributed by atoms with Crippen molar-refractivity contribution in [2.45, 2.75) is 0 Å². The number of methoxy groups -OCH3 is 1. The molecule has 0 aliphatic heterocycles. The monoisotopic (exact) mass is 302 g/mol. The molecule has 0 amide bonds. The number of nitrogens with two attached hydrogens (primary N) is 1. The van der Waals surface area contributed by atoms with Crippen LogP contribution >= 0.6 is 0 Å². The van der Waals surface area contributed by atoms with Gasteiger partial charge in [-0.2, -0.15) is 0 Å². The molecule has 2 aromatic rings. The van der Waals surface area contributed by atoms with Gasteiger partial charge in [-0.1, -0.05) is 11.2 Å². The van der Waals surface area contributed by atoms with E-state index in [0.717, 1.165) is 0 Å². The minimum atomic E-state index is -0.659. The van der Waals surface area contributed by atoms with E-state index >= 15 is 0 Å². The molecule has 1 aromatic heterocycles. The molecule has 114 valence electrons. The predicted octanol–water partition coefficient (Wildman–Crippen LogP) is 0.752. The van der Waals surface area contributed by atoms with Gasteiger partial charge in [-0.25, -0.2) is 9.78 Å². The highest BCUT2D eigenvalue weighted by atomic mass is 16.7. The van der Waals surface area contributed by atoms with Crippen LogP contribution < -0.4 is 20.2 Å². The Morgan fingerprint density at radius 2 is 1.95 bits per heavy atom. The second-order valence-corrected chi connectivity index (χ2v) is 4.20. The van der Waals surface area contributed by atoms with E-state index in [1.807, 2.05) is 0 Å². The van der Waals surface area contributed by atoms with Gasteiger partial charge < -0.3 is 20.0 Å². The second kappa shape index (κ2) is 7.63. The van der Waals surface area contributed by atoms with Gasteiger partial charge in [0.2, 0.25) is 0 Å². The first-order valence-corrected chi connectivity index (χ1v) is 6.45. The number of hydrogen-bond acceptors (Lipinski definition) is 5. The minimum absolute atomic E-state index is 0.101. The zero-order valence-corrected chi connectivity index (χ0v) is 12.0. The molecule has 0 fully saturated rings. The van der Waals surface area contributed by atoms with Crippen molar-refractivity contribution in [3.63, 3.8) is 0 Å². The smallest absolute Gasteiger partial charge is 0.372 e. The second-order valence-electron chi connectivity index (χ2n) is 4.20. The lowest BCUT2D eigenvalue weighted by Crippen LogP contribution is -2.18. The molecule has 0 bridgehead atoms. The number of pyridine rings is 1. The molecule has 0 saturated heterocycles. The summed E-state index contributed by atoms with van der Waals surface area (Å²) in [6.07, 6.45) is 3.37. The van der Waals surface area contributed by atoms with Gasteiger partial charge in [-0.3, -0.25) is 0 Å². The van der Waals surface area contributed by atoms with Crippen LogP contribution in [0.4, 0.5) is 0 Å². The summed E-state index contributed by atoms with van der Waals surface area (Å²) in [5.74, 6) is 0.567. The number of amidine groups is 1. The number of nitrogens with zero attached hydrogens (tertiary/aromatic N) is 1. The van der Waals surface area contributed by atoms with Gasteiger partial charge in [0.25, 0.3) is 0 Å². The van der Waals surface area contributed by atoms with E-state index in [4.69, 9.17) is 20.0 Å². The Balaban J connectivity index is 1.85. The topological polar surface area (TPSA) is 97.3 Å². The van der Waals surface area contributed by atoms with Crippen LogP contribution in [0.1, 0.15) is 5.56 Å². The maximum Gasteiger partial charge on any atom is 0.372 e. The van der Waals surface area contributed by atoms with Crippen LogP contribution in [0.5, 0.6) is 11.5 Å². The molecule has 0 unspecified atom stereocenters. The third kappa shape index (κ3) is 4.48. The molecule has 1 aromatic carbocycles. The number of aromatic nitrogens is 1. The molecule has 7 heteroatoms. The standard InChI is InChI=1S/C15H15N3O4/c1-20-12-3-2-4-13(9-12)21-10-14(19)22-18-15(16)11-5-7-17-8-6-11/h2-9H,10H2,1H3,(H2,16,18)/p+1. The average molecular weight is 302 g/mol. The summed E-state index contributed by atoms with van der Waals surface area (Å²) in [6, 6.07) is 10.3. The summed E-state index contributed by atoms with van der Waals surface area (Å²) in [6.45, 7) is -0.285. The SMILES string of the molecule is COc1cccc(OCC(=O)ON=C(N)c2cc[nH+]cc2)c1. The maximum atomic E-state index is 11.6.